The van der Waals surface area contributed by atoms with Gasteiger partial charge in [-0.2, -0.15) is 0 Å². The molecule has 3 aromatic heterocycles. The Kier molecular flexibility index (Phi) is 2.73. The molecule has 1 aromatic carbocycles. The molecular weight excluding hydrogens is 305 g/mol. The molecule has 22 heavy (non-hydrogen) atoms. The molecule has 0 unspecified atom stereocenters. The van der Waals surface area contributed by atoms with Crippen molar-refractivity contribution in [1.82, 2.24) is 24.5 Å². The number of imidazole rings is 1. The molecule has 6 nitrogen and oxygen atoms in total. The van der Waals surface area contributed by atoms with Crippen LogP contribution in [0.4, 0.5) is 4.39 Å². The Morgan fingerprint density at radius 1 is 1.27 bits per heavy atom. The highest BCUT2D eigenvalue weighted by atomic mass is 32.1. The average Bonchev–Trinajstić information content (AvgIpc) is 3.09. The van der Waals surface area contributed by atoms with Gasteiger partial charge in [-0.05, 0) is 36.5 Å². The molecule has 0 saturated heterocycles. The molecule has 4 rings (SSSR count). The lowest BCUT2D eigenvalue weighted by Crippen LogP contribution is -2.15. The van der Waals surface area contributed by atoms with E-state index in [0.29, 0.717) is 17.7 Å². The lowest BCUT2D eigenvalue weighted by molar-refractivity contribution is 0.630. The number of nitrogens with one attached hydrogen (secondary N) is 3. The molecule has 0 atom stereocenters. The number of nitrogens with zero attached hydrogens (tertiary/aromatic N) is 2. The van der Waals surface area contributed by atoms with Crippen molar-refractivity contribution in [3.05, 3.63) is 57.2 Å². The summed E-state index contributed by atoms with van der Waals surface area (Å²) in [5.41, 5.74) is 2.24. The van der Waals surface area contributed by atoms with Gasteiger partial charge in [0.25, 0.3) is 5.56 Å². The van der Waals surface area contributed by atoms with Gasteiger partial charge in [-0.25, -0.2) is 9.37 Å². The number of hydrogen-bond donors (Lipinski definition) is 3. The molecule has 3 N–H and O–H groups in total. The first-order valence-electron chi connectivity index (χ1n) is 6.55. The van der Waals surface area contributed by atoms with Crippen molar-refractivity contribution < 1.29 is 4.39 Å². The fourth-order valence-electron chi connectivity index (χ4n) is 2.55. The molecule has 0 aliphatic heterocycles. The molecule has 0 aliphatic rings. The lowest BCUT2D eigenvalue weighted by Gasteiger charge is -2.05. The average molecular weight is 315 g/mol. The Balaban J connectivity index is 1.87. The van der Waals surface area contributed by atoms with Crippen LogP contribution in [0.15, 0.2) is 35.4 Å². The zero-order valence-corrected chi connectivity index (χ0v) is 12.0. The second-order valence-electron chi connectivity index (χ2n) is 4.97. The third-order valence-electron chi connectivity index (χ3n) is 3.53. The Labute approximate surface area is 127 Å². The number of halogens is 1. The SMILES string of the molecule is O=c1[nH]c(=S)n(Cc2cc3cc(F)ccc3[nH]2)c2nc[nH]c12. The van der Waals surface area contributed by atoms with Crippen molar-refractivity contribution in [1.29, 1.82) is 0 Å². The summed E-state index contributed by atoms with van der Waals surface area (Å²) < 4.78 is 15.3. The molecule has 0 radical (unpaired) electrons. The summed E-state index contributed by atoms with van der Waals surface area (Å²) in [6.45, 7) is 0.396. The van der Waals surface area contributed by atoms with Crippen LogP contribution in [0.1, 0.15) is 5.69 Å². The van der Waals surface area contributed by atoms with Crippen LogP contribution in [0.5, 0.6) is 0 Å². The van der Waals surface area contributed by atoms with Gasteiger partial charge in [0.2, 0.25) is 0 Å². The normalized spacial score (nSPS) is 11.5. The molecule has 8 heteroatoms. The summed E-state index contributed by atoms with van der Waals surface area (Å²) in [6, 6.07) is 6.40. The van der Waals surface area contributed by atoms with Crippen molar-refractivity contribution >= 4 is 34.3 Å². The molecular formula is C14H10FN5OS. The van der Waals surface area contributed by atoms with Gasteiger partial charge < -0.3 is 9.97 Å². The molecule has 4 aromatic rings. The monoisotopic (exact) mass is 315 g/mol. The third-order valence-corrected chi connectivity index (χ3v) is 3.86. The van der Waals surface area contributed by atoms with Crippen molar-refractivity contribution in [2.45, 2.75) is 6.54 Å². The quantitative estimate of drug-likeness (QED) is 0.497. The van der Waals surface area contributed by atoms with E-state index >= 15 is 0 Å². The number of aromatic nitrogens is 5. The minimum Gasteiger partial charge on any atom is -0.357 e. The summed E-state index contributed by atoms with van der Waals surface area (Å²) in [5.74, 6) is -0.284. The second-order valence-corrected chi connectivity index (χ2v) is 5.36. The first-order valence-corrected chi connectivity index (χ1v) is 6.96. The van der Waals surface area contributed by atoms with Crippen LogP contribution in [0.25, 0.3) is 22.1 Å². The van der Waals surface area contributed by atoms with Gasteiger partial charge in [-0.1, -0.05) is 0 Å². The Morgan fingerprint density at radius 2 is 2.14 bits per heavy atom. The van der Waals surface area contributed by atoms with Gasteiger partial charge in [0, 0.05) is 16.6 Å². The number of benzene rings is 1. The molecule has 110 valence electrons. The highest BCUT2D eigenvalue weighted by Gasteiger charge is 2.10. The predicted octanol–water partition coefficient (Wildman–Crippen LogP) is 2.45. The first-order chi connectivity index (χ1) is 10.6. The minimum absolute atomic E-state index is 0.284. The highest BCUT2D eigenvalue weighted by Crippen LogP contribution is 2.18. The summed E-state index contributed by atoms with van der Waals surface area (Å²) in [5, 5.41) is 0.782. The number of aromatic amines is 3. The van der Waals surface area contributed by atoms with Gasteiger partial charge in [0.1, 0.15) is 11.3 Å². The maximum Gasteiger partial charge on any atom is 0.277 e. The maximum atomic E-state index is 13.3. The molecule has 0 spiro atoms. The van der Waals surface area contributed by atoms with Crippen LogP contribution < -0.4 is 5.56 Å². The summed E-state index contributed by atoms with van der Waals surface area (Å²) in [4.78, 5) is 24.5. The smallest absolute Gasteiger partial charge is 0.277 e. The van der Waals surface area contributed by atoms with Gasteiger partial charge >= 0.3 is 0 Å². The van der Waals surface area contributed by atoms with Gasteiger partial charge in [0.05, 0.1) is 12.9 Å². The van der Waals surface area contributed by atoms with E-state index in [-0.39, 0.29) is 16.1 Å². The number of H-pyrrole nitrogens is 3. The van der Waals surface area contributed by atoms with Crippen molar-refractivity contribution in [2.75, 3.05) is 0 Å². The largest absolute Gasteiger partial charge is 0.357 e. The van der Waals surface area contributed by atoms with Crippen molar-refractivity contribution in [3.8, 4) is 0 Å². The second kappa shape index (κ2) is 4.63. The molecule has 0 aliphatic carbocycles. The van der Waals surface area contributed by atoms with Crippen LogP contribution in [-0.2, 0) is 6.54 Å². The Bertz CT molecular complexity index is 1120. The van der Waals surface area contributed by atoms with E-state index in [1.807, 2.05) is 6.07 Å². The summed E-state index contributed by atoms with van der Waals surface area (Å²) >= 11 is 5.21. The van der Waals surface area contributed by atoms with E-state index in [9.17, 15) is 9.18 Å². The first kappa shape index (κ1) is 13.0. The topological polar surface area (TPSA) is 82.3 Å². The van der Waals surface area contributed by atoms with E-state index in [0.717, 1.165) is 16.6 Å². The number of hydrogen-bond acceptors (Lipinski definition) is 3. The lowest BCUT2D eigenvalue weighted by atomic mass is 10.2. The van der Waals surface area contributed by atoms with Gasteiger partial charge in [0.15, 0.2) is 10.4 Å². The predicted molar refractivity (Wildman–Crippen MR) is 82.9 cm³/mol. The summed E-state index contributed by atoms with van der Waals surface area (Å²) in [6.07, 6.45) is 1.45. The minimum atomic E-state index is -0.299. The Morgan fingerprint density at radius 3 is 3.00 bits per heavy atom. The van der Waals surface area contributed by atoms with Crippen LogP contribution in [0, 0.1) is 10.6 Å². The van der Waals surface area contributed by atoms with E-state index in [2.05, 4.69) is 19.9 Å². The van der Waals surface area contributed by atoms with Crippen LogP contribution in [0.2, 0.25) is 0 Å². The van der Waals surface area contributed by atoms with E-state index in [1.165, 1.54) is 18.5 Å². The van der Waals surface area contributed by atoms with Gasteiger partial charge in [-0.15, -0.1) is 0 Å². The van der Waals surface area contributed by atoms with E-state index in [4.69, 9.17) is 12.2 Å². The van der Waals surface area contributed by atoms with Crippen molar-refractivity contribution in [2.24, 2.45) is 0 Å². The van der Waals surface area contributed by atoms with Crippen LogP contribution in [-0.4, -0.2) is 24.5 Å². The van der Waals surface area contributed by atoms with E-state index in [1.54, 1.807) is 10.6 Å². The molecule has 0 amide bonds. The highest BCUT2D eigenvalue weighted by molar-refractivity contribution is 7.71. The maximum absolute atomic E-state index is 13.3. The fraction of sp³-hybridized carbons (Fsp3) is 0.0714. The number of rotatable bonds is 2. The molecule has 0 fully saturated rings. The van der Waals surface area contributed by atoms with Crippen molar-refractivity contribution in [3.63, 3.8) is 0 Å². The van der Waals surface area contributed by atoms with Crippen LogP contribution in [0.3, 0.4) is 0 Å². The Hall–Kier alpha value is -2.74. The summed E-state index contributed by atoms with van der Waals surface area (Å²) in [7, 11) is 0. The number of fused-ring (bicyclic) bond motifs is 2. The third kappa shape index (κ3) is 1.96. The molecule has 0 bridgehead atoms. The van der Waals surface area contributed by atoms with Crippen LogP contribution >= 0.6 is 12.2 Å². The van der Waals surface area contributed by atoms with Gasteiger partial charge in [-0.3, -0.25) is 14.3 Å². The fourth-order valence-corrected chi connectivity index (χ4v) is 2.79. The zero-order chi connectivity index (χ0) is 15.3. The zero-order valence-electron chi connectivity index (χ0n) is 11.2. The van der Waals surface area contributed by atoms with E-state index < -0.39 is 0 Å². The molecule has 3 heterocycles. The molecule has 0 saturated carbocycles. The standard InChI is InChI=1S/C14H10FN5OS/c15-8-1-2-10-7(3-8)4-9(18-10)5-20-12-11(16-6-17-12)13(21)19-14(20)22/h1-4,6,18H,5H2,(H,16,17)(H,19,21,22).